The maximum atomic E-state index is 12.3. The van der Waals surface area contributed by atoms with Crippen LogP contribution in [-0.4, -0.2) is 18.4 Å². The van der Waals surface area contributed by atoms with Gasteiger partial charge in [0.15, 0.2) is 6.61 Å². The maximum Gasteiger partial charge on any atom is 0.262 e. The number of rotatable bonds is 7. The molecule has 2 amide bonds. The van der Waals surface area contributed by atoms with Crippen molar-refractivity contribution in [2.75, 3.05) is 11.9 Å². The van der Waals surface area contributed by atoms with Crippen LogP contribution in [0.1, 0.15) is 43.9 Å². The van der Waals surface area contributed by atoms with E-state index in [0.29, 0.717) is 18.0 Å². The number of nitrogens with one attached hydrogen (secondary N) is 2. The topological polar surface area (TPSA) is 91.2 Å². The van der Waals surface area contributed by atoms with Gasteiger partial charge in [0.05, 0.1) is 6.07 Å². The lowest BCUT2D eigenvalue weighted by atomic mass is 9.85. The molecule has 0 saturated heterocycles. The van der Waals surface area contributed by atoms with Crippen molar-refractivity contribution in [1.82, 2.24) is 5.32 Å². The van der Waals surface area contributed by atoms with Gasteiger partial charge in [-0.25, -0.2) is 0 Å². The quantitative estimate of drug-likeness (QED) is 0.748. The number of ether oxygens (including phenoxy) is 1. The van der Waals surface area contributed by atoms with E-state index in [9.17, 15) is 9.59 Å². The van der Waals surface area contributed by atoms with Crippen molar-refractivity contribution in [1.29, 1.82) is 5.26 Å². The molecule has 0 radical (unpaired) electrons. The molecule has 152 valence electrons. The number of benzene rings is 2. The molecule has 0 bridgehead atoms. The molecule has 0 fully saturated rings. The molecule has 2 aromatic carbocycles. The maximum absolute atomic E-state index is 12.3. The predicted molar refractivity (Wildman–Crippen MR) is 113 cm³/mol. The van der Waals surface area contributed by atoms with Crippen LogP contribution in [0.5, 0.6) is 5.75 Å². The summed E-state index contributed by atoms with van der Waals surface area (Å²) in [6, 6.07) is 14.9. The first kappa shape index (κ1) is 22.0. The molecule has 29 heavy (non-hydrogen) atoms. The van der Waals surface area contributed by atoms with E-state index < -0.39 is 0 Å². The Hall–Kier alpha value is -3.33. The highest BCUT2D eigenvalue weighted by Crippen LogP contribution is 2.32. The van der Waals surface area contributed by atoms with Crippen LogP contribution >= 0.6 is 0 Å². The van der Waals surface area contributed by atoms with E-state index in [-0.39, 0.29) is 30.3 Å². The average Bonchev–Trinajstić information content (AvgIpc) is 2.65. The Balaban J connectivity index is 1.96. The van der Waals surface area contributed by atoms with Crippen molar-refractivity contribution in [3.8, 4) is 11.8 Å². The van der Waals surface area contributed by atoms with Crippen molar-refractivity contribution in [2.24, 2.45) is 0 Å². The summed E-state index contributed by atoms with van der Waals surface area (Å²) < 4.78 is 5.79. The molecular weight excluding hydrogens is 366 g/mol. The Morgan fingerprint density at radius 3 is 2.55 bits per heavy atom. The Morgan fingerprint density at radius 1 is 1.10 bits per heavy atom. The highest BCUT2D eigenvalue weighted by molar-refractivity contribution is 5.92. The van der Waals surface area contributed by atoms with Gasteiger partial charge in [0.1, 0.15) is 12.2 Å². The lowest BCUT2D eigenvalue weighted by Crippen LogP contribution is -2.23. The summed E-state index contributed by atoms with van der Waals surface area (Å²) in [4.78, 5) is 23.7. The van der Waals surface area contributed by atoms with Gasteiger partial charge in [0.25, 0.3) is 5.91 Å². The Bertz CT molecular complexity index is 924. The van der Waals surface area contributed by atoms with Gasteiger partial charge in [-0.3, -0.25) is 9.59 Å². The van der Waals surface area contributed by atoms with E-state index in [4.69, 9.17) is 10.00 Å². The fourth-order valence-corrected chi connectivity index (χ4v) is 2.79. The molecule has 0 spiro atoms. The van der Waals surface area contributed by atoms with E-state index in [0.717, 1.165) is 16.7 Å². The summed E-state index contributed by atoms with van der Waals surface area (Å²) in [5, 5.41) is 14.0. The zero-order valence-electron chi connectivity index (χ0n) is 17.3. The van der Waals surface area contributed by atoms with Crippen molar-refractivity contribution >= 4 is 17.5 Å². The number of hydrogen-bond donors (Lipinski definition) is 2. The first-order valence-corrected chi connectivity index (χ1v) is 9.45. The monoisotopic (exact) mass is 393 g/mol. The number of carbonyl (C=O) groups excluding carboxylic acids is 2. The summed E-state index contributed by atoms with van der Waals surface area (Å²) in [6.07, 6.45) is -0.177. The molecule has 6 nitrogen and oxygen atoms in total. The van der Waals surface area contributed by atoms with Crippen LogP contribution in [0.3, 0.4) is 0 Å². The Kier molecular flexibility index (Phi) is 7.38. The van der Waals surface area contributed by atoms with Crippen LogP contribution < -0.4 is 15.4 Å². The summed E-state index contributed by atoms with van der Waals surface area (Å²) in [5.74, 6) is 0.103. The van der Waals surface area contributed by atoms with Gasteiger partial charge < -0.3 is 15.4 Å². The second-order valence-electron chi connectivity index (χ2n) is 7.90. The minimum atomic E-state index is -0.330. The molecule has 0 unspecified atom stereocenters. The molecule has 2 rings (SSSR count). The van der Waals surface area contributed by atoms with Gasteiger partial charge in [-0.1, -0.05) is 50.6 Å². The molecule has 2 aromatic rings. The highest BCUT2D eigenvalue weighted by atomic mass is 16.5. The molecule has 0 aromatic heterocycles. The van der Waals surface area contributed by atoms with Crippen LogP contribution in [0.2, 0.25) is 0 Å². The largest absolute Gasteiger partial charge is 0.483 e. The van der Waals surface area contributed by atoms with E-state index in [1.807, 2.05) is 25.1 Å². The molecule has 6 heteroatoms. The Labute approximate surface area is 171 Å². The zero-order chi connectivity index (χ0) is 21.4. The smallest absolute Gasteiger partial charge is 0.262 e. The number of nitriles is 1. The van der Waals surface area contributed by atoms with E-state index >= 15 is 0 Å². The second-order valence-corrected chi connectivity index (χ2v) is 7.90. The third-order valence-electron chi connectivity index (χ3n) is 4.24. The normalized spacial score (nSPS) is 10.7. The predicted octanol–water partition coefficient (Wildman–Crippen LogP) is 3.84. The molecular formula is C23H27N3O3. The van der Waals surface area contributed by atoms with Crippen molar-refractivity contribution < 1.29 is 14.3 Å². The molecule has 0 atom stereocenters. The highest BCUT2D eigenvalue weighted by Gasteiger charge is 2.19. The third-order valence-corrected chi connectivity index (χ3v) is 4.24. The summed E-state index contributed by atoms with van der Waals surface area (Å²) in [7, 11) is 0. The average molecular weight is 393 g/mol. The van der Waals surface area contributed by atoms with Gasteiger partial charge in [-0.05, 0) is 41.7 Å². The van der Waals surface area contributed by atoms with Crippen molar-refractivity contribution in [3.63, 3.8) is 0 Å². The molecule has 0 aliphatic heterocycles. The third kappa shape index (κ3) is 6.96. The summed E-state index contributed by atoms with van der Waals surface area (Å²) in [5.41, 5.74) is 3.54. The first-order valence-electron chi connectivity index (χ1n) is 9.45. The number of hydrogen-bond acceptors (Lipinski definition) is 4. The van der Waals surface area contributed by atoms with Crippen LogP contribution in [0.25, 0.3) is 0 Å². The van der Waals surface area contributed by atoms with Gasteiger partial charge in [0.2, 0.25) is 5.91 Å². The fourth-order valence-electron chi connectivity index (χ4n) is 2.79. The SMILES string of the molecule is Cc1ccc(OCC(=O)Nc2cccc(CNC(=O)CC#N)c2)c(C(C)(C)C)c1. The minimum absolute atomic E-state index is 0.0951. The number of anilines is 1. The lowest BCUT2D eigenvalue weighted by molar-refractivity contribution is -0.120. The minimum Gasteiger partial charge on any atom is -0.483 e. The number of amides is 2. The molecule has 0 aliphatic carbocycles. The standard InChI is InChI=1S/C23H27N3O3/c1-16-8-9-20(19(12-16)23(2,3)4)29-15-22(28)26-18-7-5-6-17(13-18)14-25-21(27)10-11-24/h5-9,12-13H,10,14-15H2,1-4H3,(H,25,27)(H,26,28). The number of carbonyl (C=O) groups is 2. The number of aryl methyl sites for hydroxylation is 1. The molecule has 0 heterocycles. The molecule has 2 N–H and O–H groups in total. The van der Waals surface area contributed by atoms with Gasteiger partial charge in [-0.15, -0.1) is 0 Å². The van der Waals surface area contributed by atoms with Gasteiger partial charge >= 0.3 is 0 Å². The van der Waals surface area contributed by atoms with E-state index in [2.05, 4.69) is 37.5 Å². The van der Waals surface area contributed by atoms with Crippen LogP contribution in [0, 0.1) is 18.3 Å². The lowest BCUT2D eigenvalue weighted by Gasteiger charge is -2.23. The zero-order valence-corrected chi connectivity index (χ0v) is 17.3. The number of nitrogens with zero attached hydrogens (tertiary/aromatic N) is 1. The molecule has 0 saturated carbocycles. The summed E-state index contributed by atoms with van der Waals surface area (Å²) >= 11 is 0. The Morgan fingerprint density at radius 2 is 1.86 bits per heavy atom. The van der Waals surface area contributed by atoms with Gasteiger partial charge in [0, 0.05) is 12.2 Å². The van der Waals surface area contributed by atoms with Crippen LogP contribution in [0.4, 0.5) is 5.69 Å². The van der Waals surface area contributed by atoms with Crippen LogP contribution in [0.15, 0.2) is 42.5 Å². The van der Waals surface area contributed by atoms with E-state index in [1.54, 1.807) is 24.3 Å². The second kappa shape index (κ2) is 9.74. The van der Waals surface area contributed by atoms with Crippen LogP contribution in [-0.2, 0) is 21.5 Å². The first-order chi connectivity index (χ1) is 13.7. The van der Waals surface area contributed by atoms with Crippen molar-refractivity contribution in [3.05, 3.63) is 59.2 Å². The van der Waals surface area contributed by atoms with Crippen molar-refractivity contribution in [2.45, 2.75) is 46.1 Å². The summed E-state index contributed by atoms with van der Waals surface area (Å²) in [6.45, 7) is 8.54. The fraction of sp³-hybridized carbons (Fsp3) is 0.348. The van der Waals surface area contributed by atoms with E-state index in [1.165, 1.54) is 0 Å². The van der Waals surface area contributed by atoms with Gasteiger partial charge in [-0.2, -0.15) is 5.26 Å². The molecule has 0 aliphatic rings.